The number of hydrogen-bond donors (Lipinski definition) is 5. The van der Waals surface area contributed by atoms with Gasteiger partial charge in [-0.3, -0.25) is 19.2 Å². The molecule has 2 aliphatic heterocycles. The average molecular weight is 669 g/mol. The fourth-order valence-electron chi connectivity index (χ4n) is 6.25. The van der Waals surface area contributed by atoms with Gasteiger partial charge in [0.15, 0.2) is 0 Å². The van der Waals surface area contributed by atoms with Crippen molar-refractivity contribution in [3.63, 3.8) is 0 Å². The number of benzene rings is 1. The molecule has 2 aliphatic rings. The summed E-state index contributed by atoms with van der Waals surface area (Å²) in [5, 5.41) is 22.7. The van der Waals surface area contributed by atoms with Crippen LogP contribution in [0.3, 0.4) is 0 Å². The molecular weight excluding hydrogens is 616 g/mol. The van der Waals surface area contributed by atoms with E-state index in [0.29, 0.717) is 13.0 Å². The van der Waals surface area contributed by atoms with E-state index in [1.807, 2.05) is 64.4 Å². The highest BCUT2D eigenvalue weighted by molar-refractivity contribution is 7.13. The van der Waals surface area contributed by atoms with Crippen molar-refractivity contribution >= 4 is 35.0 Å². The third-order valence-corrected chi connectivity index (χ3v) is 10.1. The molecule has 5 atom stereocenters. The molecular formula is C35H52N6O5S. The lowest BCUT2D eigenvalue weighted by Crippen LogP contribution is -2.57. The fraction of sp³-hybridized carbons (Fsp3) is 0.629. The molecule has 4 rings (SSSR count). The molecule has 12 heteroatoms. The van der Waals surface area contributed by atoms with E-state index in [1.54, 1.807) is 11.3 Å². The van der Waals surface area contributed by atoms with Gasteiger partial charge in [0.05, 0.1) is 34.1 Å². The topological polar surface area (TPSA) is 153 Å². The zero-order valence-electron chi connectivity index (χ0n) is 28.4. The zero-order valence-corrected chi connectivity index (χ0v) is 29.3. The van der Waals surface area contributed by atoms with Crippen LogP contribution in [0.1, 0.15) is 89.9 Å². The van der Waals surface area contributed by atoms with Crippen LogP contribution in [-0.2, 0) is 19.2 Å². The van der Waals surface area contributed by atoms with Gasteiger partial charge in [-0.05, 0) is 56.2 Å². The Bertz CT molecular complexity index is 1370. The number of aliphatic hydroxyl groups excluding tert-OH is 1. The van der Waals surface area contributed by atoms with Gasteiger partial charge in [0.2, 0.25) is 23.6 Å². The summed E-state index contributed by atoms with van der Waals surface area (Å²) in [6.07, 6.45) is 3.74. The number of aryl methyl sites for hydroxylation is 1. The number of amides is 4. The maximum absolute atomic E-state index is 13.9. The molecule has 1 aromatic carbocycles. The van der Waals surface area contributed by atoms with E-state index in [2.05, 4.69) is 26.3 Å². The maximum Gasteiger partial charge on any atom is 0.246 e. The van der Waals surface area contributed by atoms with Gasteiger partial charge < -0.3 is 31.3 Å². The van der Waals surface area contributed by atoms with Crippen molar-refractivity contribution in [2.45, 2.75) is 104 Å². The standard InChI is InChI=1S/C35H52N6O5S/c1-22(24-11-13-25(14-12-24)30-23(2)38-21-47-30)39-33(45)28-18-27(42)20-41(28)34(46)31(35(3,4)5)40-29(43)10-8-6-7-9-16-37-32(44)26-15-17-36-19-26/h11-14,21-22,26-28,31,36,42H,6-10,15-20H2,1-5H3,(H,37,44)(H,39,45)(H,40,43)/t22-,26-,27+,28-,31+/m0/s1. The lowest BCUT2D eigenvalue weighted by molar-refractivity contribution is -0.144. The Kier molecular flexibility index (Phi) is 12.9. The lowest BCUT2D eigenvalue weighted by Gasteiger charge is -2.35. The van der Waals surface area contributed by atoms with Gasteiger partial charge in [-0.15, -0.1) is 11.3 Å². The van der Waals surface area contributed by atoms with E-state index < -0.39 is 23.6 Å². The Labute approximate surface area is 282 Å². The van der Waals surface area contributed by atoms with E-state index >= 15 is 0 Å². The number of rotatable bonds is 14. The average Bonchev–Trinajstić information content (AvgIpc) is 3.80. The fourth-order valence-corrected chi connectivity index (χ4v) is 7.06. The predicted molar refractivity (Wildman–Crippen MR) is 183 cm³/mol. The van der Waals surface area contributed by atoms with E-state index in [9.17, 15) is 24.3 Å². The third-order valence-electron chi connectivity index (χ3n) is 9.12. The number of aromatic nitrogens is 1. The molecule has 0 unspecified atom stereocenters. The predicted octanol–water partition coefficient (Wildman–Crippen LogP) is 3.46. The number of thiazole rings is 1. The number of aliphatic hydroxyl groups is 1. The van der Waals surface area contributed by atoms with Gasteiger partial charge >= 0.3 is 0 Å². The number of nitrogens with one attached hydrogen (secondary N) is 4. The minimum Gasteiger partial charge on any atom is -0.391 e. The molecule has 2 aromatic rings. The van der Waals surface area contributed by atoms with E-state index in [4.69, 9.17) is 0 Å². The second-order valence-electron chi connectivity index (χ2n) is 14.0. The molecule has 47 heavy (non-hydrogen) atoms. The van der Waals surface area contributed by atoms with Gasteiger partial charge in [0.25, 0.3) is 0 Å². The molecule has 11 nitrogen and oxygen atoms in total. The Morgan fingerprint density at radius 3 is 2.43 bits per heavy atom. The van der Waals surface area contributed by atoms with Crippen LogP contribution in [0.5, 0.6) is 0 Å². The monoisotopic (exact) mass is 668 g/mol. The molecule has 4 amide bonds. The van der Waals surface area contributed by atoms with Crippen LogP contribution >= 0.6 is 11.3 Å². The summed E-state index contributed by atoms with van der Waals surface area (Å²) in [5.74, 6) is -0.740. The van der Waals surface area contributed by atoms with Crippen molar-refractivity contribution in [1.29, 1.82) is 0 Å². The molecule has 258 valence electrons. The smallest absolute Gasteiger partial charge is 0.246 e. The van der Waals surface area contributed by atoms with Crippen molar-refractivity contribution in [1.82, 2.24) is 31.2 Å². The van der Waals surface area contributed by atoms with Gasteiger partial charge in [-0.25, -0.2) is 4.98 Å². The Hall–Kier alpha value is -3.35. The van der Waals surface area contributed by atoms with Gasteiger partial charge in [0, 0.05) is 32.5 Å². The minimum absolute atomic E-state index is 0.0322. The summed E-state index contributed by atoms with van der Waals surface area (Å²) in [6, 6.07) is 5.98. The lowest BCUT2D eigenvalue weighted by atomic mass is 9.85. The quantitative estimate of drug-likeness (QED) is 0.193. The first-order valence-electron chi connectivity index (χ1n) is 16.9. The van der Waals surface area contributed by atoms with Crippen molar-refractivity contribution in [3.8, 4) is 10.4 Å². The molecule has 0 spiro atoms. The van der Waals surface area contributed by atoms with Gasteiger partial charge in [-0.1, -0.05) is 57.9 Å². The molecule has 3 heterocycles. The van der Waals surface area contributed by atoms with Crippen molar-refractivity contribution in [2.24, 2.45) is 11.3 Å². The largest absolute Gasteiger partial charge is 0.391 e. The van der Waals surface area contributed by atoms with Gasteiger partial charge in [0.1, 0.15) is 12.1 Å². The van der Waals surface area contributed by atoms with Crippen molar-refractivity contribution in [3.05, 3.63) is 41.0 Å². The molecule has 1 aromatic heterocycles. The highest BCUT2D eigenvalue weighted by atomic mass is 32.1. The number of β-amino-alcohol motifs (C(OH)–C–C–N with tert-alkyl or cyclic N) is 1. The summed E-state index contributed by atoms with van der Waals surface area (Å²) in [7, 11) is 0. The first-order valence-corrected chi connectivity index (χ1v) is 17.8. The van der Waals surface area contributed by atoms with Crippen LogP contribution in [0.2, 0.25) is 0 Å². The van der Waals surface area contributed by atoms with Gasteiger partial charge in [-0.2, -0.15) is 0 Å². The second-order valence-corrected chi connectivity index (χ2v) is 14.9. The minimum atomic E-state index is -0.851. The molecule has 0 aliphatic carbocycles. The van der Waals surface area contributed by atoms with Crippen LogP contribution in [-0.4, -0.2) is 83.0 Å². The van der Waals surface area contributed by atoms with E-state index in [-0.39, 0.29) is 55.0 Å². The van der Waals surface area contributed by atoms with E-state index in [0.717, 1.165) is 60.5 Å². The van der Waals surface area contributed by atoms with Crippen LogP contribution in [0, 0.1) is 18.3 Å². The number of carbonyl (C=O) groups is 4. The number of unbranched alkanes of at least 4 members (excludes halogenated alkanes) is 3. The molecule has 0 saturated carbocycles. The second kappa shape index (κ2) is 16.7. The Morgan fingerprint density at radius 2 is 1.79 bits per heavy atom. The van der Waals surface area contributed by atoms with Crippen LogP contribution < -0.4 is 21.3 Å². The Balaban J connectivity index is 1.26. The Morgan fingerprint density at radius 1 is 1.06 bits per heavy atom. The number of carbonyl (C=O) groups excluding carboxylic acids is 4. The first kappa shape index (κ1) is 36.5. The summed E-state index contributed by atoms with van der Waals surface area (Å²) in [4.78, 5) is 59.3. The number of nitrogens with zero attached hydrogens (tertiary/aromatic N) is 2. The van der Waals surface area contributed by atoms with Crippen LogP contribution in [0.25, 0.3) is 10.4 Å². The molecule has 0 bridgehead atoms. The highest BCUT2D eigenvalue weighted by Crippen LogP contribution is 2.29. The summed E-state index contributed by atoms with van der Waals surface area (Å²) in [5.41, 5.74) is 4.18. The first-order chi connectivity index (χ1) is 22.3. The molecule has 2 saturated heterocycles. The zero-order chi connectivity index (χ0) is 34.1. The van der Waals surface area contributed by atoms with E-state index in [1.165, 1.54) is 4.90 Å². The molecule has 0 radical (unpaired) electrons. The SMILES string of the molecule is Cc1ncsc1-c1ccc([C@H](C)NC(=O)[C@@H]2C[C@@H](O)CN2C(=O)[C@@H](NC(=O)CCCCCCNC(=O)[C@H]2CCNC2)C(C)(C)C)cc1. The normalized spacial score (nSPS) is 20.9. The summed E-state index contributed by atoms with van der Waals surface area (Å²) in [6.45, 7) is 11.8. The third kappa shape index (κ3) is 10.1. The number of likely N-dealkylation sites (tertiary alicyclic amines) is 1. The van der Waals surface area contributed by atoms with Crippen molar-refractivity contribution in [2.75, 3.05) is 26.2 Å². The van der Waals surface area contributed by atoms with Crippen LogP contribution in [0.4, 0.5) is 0 Å². The highest BCUT2D eigenvalue weighted by Gasteiger charge is 2.44. The molecule has 5 N–H and O–H groups in total. The van der Waals surface area contributed by atoms with Crippen LogP contribution in [0.15, 0.2) is 29.8 Å². The van der Waals surface area contributed by atoms with Crippen molar-refractivity contribution < 1.29 is 24.3 Å². The summed E-state index contributed by atoms with van der Waals surface area (Å²) >= 11 is 1.58. The molecule has 2 fully saturated rings. The maximum atomic E-state index is 13.9. The summed E-state index contributed by atoms with van der Waals surface area (Å²) < 4.78 is 0. The number of hydrogen-bond acceptors (Lipinski definition) is 8.